The van der Waals surface area contributed by atoms with Gasteiger partial charge in [0.1, 0.15) is 0 Å². The molecular weight excluding hydrogens is 376 g/mol. The van der Waals surface area contributed by atoms with Crippen molar-refractivity contribution in [2.24, 2.45) is 0 Å². The van der Waals surface area contributed by atoms with Crippen molar-refractivity contribution in [2.45, 2.75) is 11.5 Å². The Morgan fingerprint density at radius 3 is 2.25 bits per heavy atom. The van der Waals surface area contributed by atoms with Crippen LogP contribution in [0.4, 0.5) is 13.2 Å². The summed E-state index contributed by atoms with van der Waals surface area (Å²) in [5.74, 6) is 0. The Bertz CT molecular complexity index is 639. The summed E-state index contributed by atoms with van der Waals surface area (Å²) in [5, 5.41) is 0.842. The van der Waals surface area contributed by atoms with E-state index in [0.29, 0.717) is 21.5 Å². The molecule has 0 heterocycles. The second-order valence-electron chi connectivity index (χ2n) is 4.10. The number of hydrogen-bond acceptors (Lipinski definition) is 0. The molecule has 2 aromatic carbocycles. The summed E-state index contributed by atoms with van der Waals surface area (Å²) in [5.41, 5.74) is 0.364. The van der Waals surface area contributed by atoms with Gasteiger partial charge in [0.15, 0.2) is 0 Å². The molecule has 0 saturated carbocycles. The van der Waals surface area contributed by atoms with Crippen LogP contribution in [0.1, 0.15) is 11.1 Å². The van der Waals surface area contributed by atoms with Crippen molar-refractivity contribution in [1.29, 1.82) is 0 Å². The van der Waals surface area contributed by atoms with Crippen LogP contribution < -0.4 is 0 Å². The third-order valence-electron chi connectivity index (χ3n) is 2.81. The lowest BCUT2D eigenvalue weighted by Gasteiger charge is -2.16. The highest BCUT2D eigenvalue weighted by Gasteiger charge is 2.34. The normalized spacial score (nSPS) is 11.7. The second kappa shape index (κ2) is 5.96. The van der Waals surface area contributed by atoms with Gasteiger partial charge in [-0.2, -0.15) is 13.2 Å². The maximum Gasteiger partial charge on any atom is 0.417 e. The molecule has 0 aliphatic rings. The van der Waals surface area contributed by atoms with Crippen molar-refractivity contribution in [3.63, 3.8) is 0 Å². The Morgan fingerprint density at radius 2 is 1.70 bits per heavy atom. The molecule has 0 atom stereocenters. The quantitative estimate of drug-likeness (QED) is 0.514. The van der Waals surface area contributed by atoms with Gasteiger partial charge in [-0.05, 0) is 34.9 Å². The summed E-state index contributed by atoms with van der Waals surface area (Å²) in [7, 11) is 0. The summed E-state index contributed by atoms with van der Waals surface area (Å²) < 4.78 is 39.5. The third-order valence-corrected chi connectivity index (χ3v) is 4.15. The fraction of sp³-hybridized carbons (Fsp3) is 0.143. The first-order chi connectivity index (χ1) is 9.34. The van der Waals surface area contributed by atoms with Gasteiger partial charge in [-0.3, -0.25) is 0 Å². The van der Waals surface area contributed by atoms with E-state index >= 15 is 0 Å². The number of hydrogen-bond donors (Lipinski definition) is 0. The van der Waals surface area contributed by atoms with Crippen LogP contribution >= 0.6 is 39.1 Å². The Kier molecular flexibility index (Phi) is 4.67. The summed E-state index contributed by atoms with van der Waals surface area (Å²) in [6.45, 7) is 0. The molecule has 0 unspecified atom stereocenters. The van der Waals surface area contributed by atoms with Crippen molar-refractivity contribution in [2.75, 3.05) is 0 Å². The fourth-order valence-corrected chi connectivity index (χ4v) is 2.71. The minimum Gasteiger partial charge on any atom is -0.166 e. The van der Waals surface area contributed by atoms with Crippen LogP contribution in [0.2, 0.25) is 10.0 Å². The molecule has 0 radical (unpaired) electrons. The van der Waals surface area contributed by atoms with Crippen LogP contribution in [0.25, 0.3) is 11.1 Å². The summed E-state index contributed by atoms with van der Waals surface area (Å²) in [4.78, 5) is 0. The third kappa shape index (κ3) is 3.13. The predicted octanol–water partition coefficient (Wildman–Crippen LogP) is 6.57. The maximum atomic E-state index is 13.2. The van der Waals surface area contributed by atoms with Gasteiger partial charge in [-0.1, -0.05) is 57.3 Å². The second-order valence-corrected chi connectivity index (χ2v) is 5.48. The highest BCUT2D eigenvalue weighted by atomic mass is 79.9. The highest BCUT2D eigenvalue weighted by molar-refractivity contribution is 9.08. The maximum absolute atomic E-state index is 13.2. The number of rotatable bonds is 2. The van der Waals surface area contributed by atoms with Crippen LogP contribution in [-0.4, -0.2) is 0 Å². The molecule has 0 N–H and O–H groups in total. The lowest BCUT2D eigenvalue weighted by molar-refractivity contribution is -0.137. The number of halogens is 6. The molecule has 2 rings (SSSR count). The molecule has 0 spiro atoms. The van der Waals surface area contributed by atoms with Crippen LogP contribution in [-0.2, 0) is 11.5 Å². The summed E-state index contributed by atoms with van der Waals surface area (Å²) >= 11 is 14.9. The van der Waals surface area contributed by atoms with Crippen molar-refractivity contribution in [1.82, 2.24) is 0 Å². The Hall–Kier alpha value is -0.710. The van der Waals surface area contributed by atoms with Gasteiger partial charge in [-0.15, -0.1) is 0 Å². The molecule has 106 valence electrons. The van der Waals surface area contributed by atoms with Gasteiger partial charge >= 0.3 is 6.18 Å². The van der Waals surface area contributed by atoms with Crippen molar-refractivity contribution >= 4 is 39.1 Å². The molecule has 0 aliphatic heterocycles. The molecule has 0 nitrogen and oxygen atoms in total. The monoisotopic (exact) mass is 382 g/mol. The number of alkyl halides is 4. The highest BCUT2D eigenvalue weighted by Crippen LogP contribution is 2.40. The minimum absolute atomic E-state index is 0.121. The fourth-order valence-electron chi connectivity index (χ4n) is 1.94. The smallest absolute Gasteiger partial charge is 0.166 e. The van der Waals surface area contributed by atoms with Gasteiger partial charge in [-0.25, -0.2) is 0 Å². The van der Waals surface area contributed by atoms with E-state index < -0.39 is 11.7 Å². The molecule has 0 bridgehead atoms. The van der Waals surface area contributed by atoms with Crippen molar-refractivity contribution in [3.8, 4) is 11.1 Å². The molecule has 0 saturated heterocycles. The van der Waals surface area contributed by atoms with E-state index in [0.717, 1.165) is 6.07 Å². The Labute approximate surface area is 132 Å². The van der Waals surface area contributed by atoms with Gasteiger partial charge in [0.2, 0.25) is 0 Å². The zero-order chi connectivity index (χ0) is 14.9. The van der Waals surface area contributed by atoms with E-state index in [1.54, 1.807) is 6.07 Å². The lowest BCUT2D eigenvalue weighted by Crippen LogP contribution is -2.08. The Balaban J connectivity index is 2.73. The first kappa shape index (κ1) is 15.7. The van der Waals surface area contributed by atoms with E-state index in [9.17, 15) is 13.2 Å². The minimum atomic E-state index is -4.43. The van der Waals surface area contributed by atoms with Crippen LogP contribution in [0, 0.1) is 0 Å². The average Bonchev–Trinajstić information content (AvgIpc) is 2.40. The molecule has 2 aromatic rings. The van der Waals surface area contributed by atoms with Crippen molar-refractivity contribution < 1.29 is 13.2 Å². The first-order valence-electron chi connectivity index (χ1n) is 5.55. The Morgan fingerprint density at radius 1 is 1.00 bits per heavy atom. The zero-order valence-electron chi connectivity index (χ0n) is 9.94. The van der Waals surface area contributed by atoms with Gasteiger partial charge < -0.3 is 0 Å². The van der Waals surface area contributed by atoms with Crippen LogP contribution in [0.3, 0.4) is 0 Å². The van der Waals surface area contributed by atoms with E-state index in [4.69, 9.17) is 23.2 Å². The van der Waals surface area contributed by atoms with Crippen LogP contribution in [0.5, 0.6) is 0 Å². The van der Waals surface area contributed by atoms with E-state index in [1.807, 2.05) is 0 Å². The molecule has 0 aromatic heterocycles. The zero-order valence-corrected chi connectivity index (χ0v) is 13.0. The van der Waals surface area contributed by atoms with E-state index in [-0.39, 0.29) is 10.6 Å². The molecule has 0 amide bonds. The summed E-state index contributed by atoms with van der Waals surface area (Å²) in [6, 6.07) is 8.56. The standard InChI is InChI=1S/C14H8BrCl2F3/c15-7-9-2-1-3-10(14(18,19)20)13(9)8-4-5-11(16)12(17)6-8/h1-6H,7H2. The van der Waals surface area contributed by atoms with Gasteiger partial charge in [0.05, 0.1) is 15.6 Å². The topological polar surface area (TPSA) is 0 Å². The molecule has 0 aliphatic carbocycles. The number of benzene rings is 2. The van der Waals surface area contributed by atoms with E-state index in [1.165, 1.54) is 24.3 Å². The lowest BCUT2D eigenvalue weighted by atomic mass is 9.95. The molecule has 6 heteroatoms. The first-order valence-corrected chi connectivity index (χ1v) is 7.43. The van der Waals surface area contributed by atoms with Crippen molar-refractivity contribution in [3.05, 3.63) is 57.6 Å². The molecular formula is C14H8BrCl2F3. The van der Waals surface area contributed by atoms with E-state index in [2.05, 4.69) is 15.9 Å². The average molecular weight is 384 g/mol. The molecule has 20 heavy (non-hydrogen) atoms. The predicted molar refractivity (Wildman–Crippen MR) is 79.5 cm³/mol. The van der Waals surface area contributed by atoms with Crippen LogP contribution in [0.15, 0.2) is 36.4 Å². The SMILES string of the molecule is FC(F)(F)c1cccc(CBr)c1-c1ccc(Cl)c(Cl)c1. The summed E-state index contributed by atoms with van der Waals surface area (Å²) in [6.07, 6.45) is -4.43. The van der Waals surface area contributed by atoms with Gasteiger partial charge in [0.25, 0.3) is 0 Å². The largest absolute Gasteiger partial charge is 0.417 e. The molecule has 0 fully saturated rings. The van der Waals surface area contributed by atoms with Gasteiger partial charge in [0, 0.05) is 5.33 Å².